The molecule has 2 aromatic rings. The van der Waals surface area contributed by atoms with Gasteiger partial charge in [0.15, 0.2) is 6.29 Å². The minimum atomic E-state index is -0.188. The van der Waals surface area contributed by atoms with Crippen LogP contribution in [0.3, 0.4) is 0 Å². The molecule has 3 rings (SSSR count). The predicted octanol–water partition coefficient (Wildman–Crippen LogP) is 4.84. The van der Waals surface area contributed by atoms with Crippen LogP contribution >= 0.6 is 27.3 Å². The van der Waals surface area contributed by atoms with Gasteiger partial charge in [-0.2, -0.15) is 0 Å². The van der Waals surface area contributed by atoms with Crippen LogP contribution in [-0.2, 0) is 9.47 Å². The fraction of sp³-hybridized carbons (Fsp3) is 0.333. The van der Waals surface area contributed by atoms with E-state index in [-0.39, 0.29) is 6.29 Å². The minimum Gasteiger partial charge on any atom is -0.346 e. The van der Waals surface area contributed by atoms with Crippen LogP contribution in [0.5, 0.6) is 0 Å². The molecule has 1 aromatic heterocycles. The zero-order chi connectivity index (χ0) is 13.4. The van der Waals surface area contributed by atoms with Gasteiger partial charge in [-0.15, -0.1) is 11.3 Å². The van der Waals surface area contributed by atoms with E-state index in [2.05, 4.69) is 54.0 Å². The molecule has 0 atom stereocenters. The van der Waals surface area contributed by atoms with Gasteiger partial charge in [0.05, 0.1) is 13.2 Å². The van der Waals surface area contributed by atoms with Crippen LogP contribution in [0.15, 0.2) is 28.7 Å². The Morgan fingerprint density at radius 3 is 2.26 bits per heavy atom. The van der Waals surface area contributed by atoms with Gasteiger partial charge < -0.3 is 9.47 Å². The normalized spacial score (nSPS) is 16.2. The SMILES string of the molecule is Cc1sc(-c2ccc(C3OCCO3)cc2)c(C)c1Br. The second-order valence-corrected chi connectivity index (χ2v) is 6.64. The van der Waals surface area contributed by atoms with Crippen LogP contribution in [0.25, 0.3) is 10.4 Å². The van der Waals surface area contributed by atoms with E-state index in [4.69, 9.17) is 9.47 Å². The van der Waals surface area contributed by atoms with Gasteiger partial charge in [0, 0.05) is 19.8 Å². The summed E-state index contributed by atoms with van der Waals surface area (Å²) in [4.78, 5) is 2.64. The molecule has 0 bridgehead atoms. The molecule has 0 spiro atoms. The molecule has 2 nitrogen and oxygen atoms in total. The number of thiophene rings is 1. The van der Waals surface area contributed by atoms with Crippen LogP contribution in [0.4, 0.5) is 0 Å². The first-order valence-electron chi connectivity index (χ1n) is 6.26. The van der Waals surface area contributed by atoms with Crippen molar-refractivity contribution in [1.82, 2.24) is 0 Å². The van der Waals surface area contributed by atoms with Gasteiger partial charge in [-0.1, -0.05) is 24.3 Å². The molecule has 1 fully saturated rings. The molecular weight excluding hydrogens is 324 g/mol. The number of rotatable bonds is 2. The van der Waals surface area contributed by atoms with E-state index < -0.39 is 0 Å². The summed E-state index contributed by atoms with van der Waals surface area (Å²) >= 11 is 5.46. The topological polar surface area (TPSA) is 18.5 Å². The highest BCUT2D eigenvalue weighted by molar-refractivity contribution is 9.10. The maximum absolute atomic E-state index is 5.50. The molecule has 2 heterocycles. The fourth-order valence-corrected chi connectivity index (χ4v) is 3.89. The molecule has 1 aromatic carbocycles. The van der Waals surface area contributed by atoms with E-state index in [1.165, 1.54) is 25.4 Å². The largest absolute Gasteiger partial charge is 0.346 e. The van der Waals surface area contributed by atoms with E-state index in [0.29, 0.717) is 13.2 Å². The number of ether oxygens (including phenoxy) is 2. The molecule has 0 amide bonds. The summed E-state index contributed by atoms with van der Waals surface area (Å²) < 4.78 is 12.2. The molecule has 0 N–H and O–H groups in total. The monoisotopic (exact) mass is 338 g/mol. The lowest BCUT2D eigenvalue weighted by molar-refractivity contribution is -0.0441. The summed E-state index contributed by atoms with van der Waals surface area (Å²) in [5.74, 6) is 0. The number of hydrogen-bond donors (Lipinski definition) is 0. The lowest BCUT2D eigenvalue weighted by Crippen LogP contribution is -1.97. The average molecular weight is 339 g/mol. The molecule has 100 valence electrons. The fourth-order valence-electron chi connectivity index (χ4n) is 2.26. The third kappa shape index (κ3) is 2.50. The van der Waals surface area contributed by atoms with Crippen LogP contribution in [0.2, 0.25) is 0 Å². The van der Waals surface area contributed by atoms with Crippen molar-refractivity contribution in [2.75, 3.05) is 13.2 Å². The third-order valence-corrected chi connectivity index (χ3v) is 6.01. The Labute approximate surface area is 125 Å². The molecule has 19 heavy (non-hydrogen) atoms. The quantitative estimate of drug-likeness (QED) is 0.779. The van der Waals surface area contributed by atoms with Crippen molar-refractivity contribution in [2.45, 2.75) is 20.1 Å². The lowest BCUT2D eigenvalue weighted by Gasteiger charge is -2.09. The van der Waals surface area contributed by atoms with Crippen molar-refractivity contribution in [3.05, 3.63) is 44.7 Å². The molecule has 0 radical (unpaired) electrons. The van der Waals surface area contributed by atoms with Crippen molar-refractivity contribution in [1.29, 1.82) is 0 Å². The Kier molecular flexibility index (Phi) is 3.76. The Bertz CT molecular complexity index is 583. The lowest BCUT2D eigenvalue weighted by atomic mass is 10.1. The Hall–Kier alpha value is -0.680. The molecular formula is C15H15BrO2S. The predicted molar refractivity (Wildman–Crippen MR) is 81.6 cm³/mol. The third-order valence-electron chi connectivity index (χ3n) is 3.30. The van der Waals surface area contributed by atoms with Gasteiger partial charge in [0.25, 0.3) is 0 Å². The second-order valence-electron chi connectivity index (χ2n) is 4.62. The second kappa shape index (κ2) is 5.37. The summed E-state index contributed by atoms with van der Waals surface area (Å²) in [7, 11) is 0. The van der Waals surface area contributed by atoms with E-state index >= 15 is 0 Å². The molecule has 1 aliphatic heterocycles. The van der Waals surface area contributed by atoms with E-state index in [0.717, 1.165) is 5.56 Å². The number of halogens is 1. The number of hydrogen-bond acceptors (Lipinski definition) is 3. The van der Waals surface area contributed by atoms with Crippen molar-refractivity contribution in [3.8, 4) is 10.4 Å². The Morgan fingerprint density at radius 2 is 1.74 bits per heavy atom. The summed E-state index contributed by atoms with van der Waals surface area (Å²) in [6.07, 6.45) is -0.188. The van der Waals surface area contributed by atoms with Gasteiger partial charge in [-0.3, -0.25) is 0 Å². The highest BCUT2D eigenvalue weighted by Gasteiger charge is 2.18. The van der Waals surface area contributed by atoms with Crippen LogP contribution in [0.1, 0.15) is 22.3 Å². The van der Waals surface area contributed by atoms with Crippen molar-refractivity contribution in [2.24, 2.45) is 0 Å². The van der Waals surface area contributed by atoms with Gasteiger partial charge in [0.1, 0.15) is 0 Å². The first-order valence-corrected chi connectivity index (χ1v) is 7.87. The van der Waals surface area contributed by atoms with Crippen molar-refractivity contribution >= 4 is 27.3 Å². The minimum absolute atomic E-state index is 0.188. The molecule has 0 aliphatic carbocycles. The first-order chi connectivity index (χ1) is 9.16. The maximum atomic E-state index is 5.50. The van der Waals surface area contributed by atoms with Gasteiger partial charge in [-0.05, 0) is 40.9 Å². The number of aryl methyl sites for hydroxylation is 1. The smallest absolute Gasteiger partial charge is 0.184 e. The average Bonchev–Trinajstić information content (AvgIpc) is 3.04. The van der Waals surface area contributed by atoms with Gasteiger partial charge in [0.2, 0.25) is 0 Å². The molecule has 1 saturated heterocycles. The zero-order valence-corrected chi connectivity index (χ0v) is 13.3. The summed E-state index contributed by atoms with van der Waals surface area (Å²) in [6.45, 7) is 5.66. The Balaban J connectivity index is 1.91. The maximum Gasteiger partial charge on any atom is 0.184 e. The summed E-state index contributed by atoms with van der Waals surface area (Å²) in [6, 6.07) is 8.47. The highest BCUT2D eigenvalue weighted by atomic mass is 79.9. The summed E-state index contributed by atoms with van der Waals surface area (Å²) in [5.41, 5.74) is 3.65. The summed E-state index contributed by atoms with van der Waals surface area (Å²) in [5, 5.41) is 0. The molecule has 4 heteroatoms. The van der Waals surface area contributed by atoms with Gasteiger partial charge >= 0.3 is 0 Å². The van der Waals surface area contributed by atoms with Crippen molar-refractivity contribution < 1.29 is 9.47 Å². The Morgan fingerprint density at radius 1 is 1.11 bits per heavy atom. The molecule has 1 aliphatic rings. The standard InChI is InChI=1S/C15H15BrO2S/c1-9-13(16)10(2)19-14(9)11-3-5-12(6-4-11)15-17-7-8-18-15/h3-6,15H,7-8H2,1-2H3. The van der Waals surface area contributed by atoms with Crippen LogP contribution < -0.4 is 0 Å². The van der Waals surface area contributed by atoms with Crippen LogP contribution in [-0.4, -0.2) is 13.2 Å². The van der Waals surface area contributed by atoms with Crippen molar-refractivity contribution in [3.63, 3.8) is 0 Å². The first kappa shape index (κ1) is 13.3. The molecule has 0 saturated carbocycles. The molecule has 0 unspecified atom stereocenters. The van der Waals surface area contributed by atoms with E-state index in [9.17, 15) is 0 Å². The van der Waals surface area contributed by atoms with Gasteiger partial charge in [-0.25, -0.2) is 0 Å². The highest BCUT2D eigenvalue weighted by Crippen LogP contribution is 2.39. The zero-order valence-electron chi connectivity index (χ0n) is 10.9. The van der Waals surface area contributed by atoms with Crippen LogP contribution in [0, 0.1) is 13.8 Å². The van der Waals surface area contributed by atoms with E-state index in [1.807, 2.05) is 11.3 Å². The van der Waals surface area contributed by atoms with E-state index in [1.54, 1.807) is 0 Å². The number of benzene rings is 1.